The number of terminal acetylenes is 1. The molecule has 0 aromatic carbocycles. The maximum Gasteiger partial charge on any atom is 0.0683 e. The zero-order chi connectivity index (χ0) is 11.1. The topological polar surface area (TPSA) is 15.3 Å². The smallest absolute Gasteiger partial charge is 0.0683 e. The molecule has 0 aromatic heterocycles. The molecule has 0 spiro atoms. The van der Waals surface area contributed by atoms with E-state index in [9.17, 15) is 0 Å². The van der Waals surface area contributed by atoms with Crippen LogP contribution in [0, 0.1) is 12.3 Å². The number of rotatable bonds is 5. The maximum atomic E-state index is 5.50. The summed E-state index contributed by atoms with van der Waals surface area (Å²) in [6.07, 6.45) is 10.7. The van der Waals surface area contributed by atoms with E-state index in [1.807, 2.05) is 0 Å². The second kappa shape index (κ2) is 6.87. The average molecular weight is 208 g/mol. The molecule has 1 heterocycles. The van der Waals surface area contributed by atoms with E-state index in [0.29, 0.717) is 6.04 Å². The van der Waals surface area contributed by atoms with E-state index >= 15 is 0 Å². The standard InChI is InChI=1S/C13H24N2/c1-4-10-15(12(3)5-2)11-13-8-6-7-9-14-13/h2,12-14H,4,6-11H2,1,3H3. The molecule has 2 unspecified atom stereocenters. The minimum atomic E-state index is 0.272. The minimum Gasteiger partial charge on any atom is -0.313 e. The van der Waals surface area contributed by atoms with Gasteiger partial charge in [-0.15, -0.1) is 6.42 Å². The molecule has 0 bridgehead atoms. The van der Waals surface area contributed by atoms with Crippen LogP contribution in [0.5, 0.6) is 0 Å². The van der Waals surface area contributed by atoms with Gasteiger partial charge in [-0.25, -0.2) is 0 Å². The number of hydrogen-bond acceptors (Lipinski definition) is 2. The Morgan fingerprint density at radius 2 is 2.33 bits per heavy atom. The van der Waals surface area contributed by atoms with Crippen LogP contribution in [0.2, 0.25) is 0 Å². The summed E-state index contributed by atoms with van der Waals surface area (Å²) in [5.41, 5.74) is 0. The molecule has 2 nitrogen and oxygen atoms in total. The van der Waals surface area contributed by atoms with Crippen molar-refractivity contribution in [2.24, 2.45) is 0 Å². The monoisotopic (exact) mass is 208 g/mol. The molecule has 0 saturated carbocycles. The Hall–Kier alpha value is -0.520. The van der Waals surface area contributed by atoms with Crippen molar-refractivity contribution >= 4 is 0 Å². The average Bonchev–Trinajstić information content (AvgIpc) is 2.29. The van der Waals surface area contributed by atoms with E-state index in [2.05, 4.69) is 30.0 Å². The lowest BCUT2D eigenvalue weighted by Gasteiger charge is -2.32. The van der Waals surface area contributed by atoms with Gasteiger partial charge >= 0.3 is 0 Å². The third-order valence-electron chi connectivity index (χ3n) is 3.17. The maximum absolute atomic E-state index is 5.50. The third-order valence-corrected chi connectivity index (χ3v) is 3.17. The number of hydrogen-bond donors (Lipinski definition) is 1. The van der Waals surface area contributed by atoms with Crippen molar-refractivity contribution in [2.75, 3.05) is 19.6 Å². The fourth-order valence-electron chi connectivity index (χ4n) is 2.20. The van der Waals surface area contributed by atoms with Gasteiger partial charge < -0.3 is 5.32 Å². The summed E-state index contributed by atoms with van der Waals surface area (Å²) in [4.78, 5) is 2.42. The second-order valence-corrected chi connectivity index (χ2v) is 4.48. The zero-order valence-electron chi connectivity index (χ0n) is 10.1. The van der Waals surface area contributed by atoms with Crippen molar-refractivity contribution < 1.29 is 0 Å². The van der Waals surface area contributed by atoms with Gasteiger partial charge in [0.15, 0.2) is 0 Å². The van der Waals surface area contributed by atoms with Gasteiger partial charge in [0.25, 0.3) is 0 Å². The van der Waals surface area contributed by atoms with E-state index < -0.39 is 0 Å². The van der Waals surface area contributed by atoms with Gasteiger partial charge in [0.2, 0.25) is 0 Å². The van der Waals surface area contributed by atoms with Crippen LogP contribution in [0.3, 0.4) is 0 Å². The number of nitrogens with one attached hydrogen (secondary N) is 1. The molecule has 1 rings (SSSR count). The van der Waals surface area contributed by atoms with Gasteiger partial charge in [-0.05, 0) is 39.3 Å². The van der Waals surface area contributed by atoms with Crippen LogP contribution >= 0.6 is 0 Å². The molecular weight excluding hydrogens is 184 g/mol. The van der Waals surface area contributed by atoms with Gasteiger partial charge in [-0.2, -0.15) is 0 Å². The normalized spacial score (nSPS) is 23.7. The van der Waals surface area contributed by atoms with Crippen LogP contribution in [0.4, 0.5) is 0 Å². The van der Waals surface area contributed by atoms with Crippen molar-refractivity contribution in [3.05, 3.63) is 0 Å². The highest BCUT2D eigenvalue weighted by atomic mass is 15.2. The molecular formula is C13H24N2. The van der Waals surface area contributed by atoms with Crippen LogP contribution in [0.25, 0.3) is 0 Å². The van der Waals surface area contributed by atoms with Crippen LogP contribution in [-0.4, -0.2) is 36.6 Å². The molecule has 1 fully saturated rings. The Balaban J connectivity index is 2.38. The van der Waals surface area contributed by atoms with E-state index in [1.54, 1.807) is 0 Å². The molecule has 1 aliphatic heterocycles. The fourth-order valence-corrected chi connectivity index (χ4v) is 2.20. The van der Waals surface area contributed by atoms with E-state index in [4.69, 9.17) is 6.42 Å². The SMILES string of the molecule is C#CC(C)N(CCC)CC1CCCCN1. The van der Waals surface area contributed by atoms with Crippen LogP contribution in [0.15, 0.2) is 0 Å². The first kappa shape index (κ1) is 12.5. The molecule has 1 saturated heterocycles. The van der Waals surface area contributed by atoms with Gasteiger partial charge in [0.1, 0.15) is 0 Å². The summed E-state index contributed by atoms with van der Waals surface area (Å²) in [5, 5.41) is 3.58. The lowest BCUT2D eigenvalue weighted by atomic mass is 10.0. The predicted octanol–water partition coefficient (Wildman–Crippen LogP) is 1.86. The van der Waals surface area contributed by atoms with Crippen molar-refractivity contribution in [1.29, 1.82) is 0 Å². The largest absolute Gasteiger partial charge is 0.313 e. The summed E-state index contributed by atoms with van der Waals surface area (Å²) >= 11 is 0. The molecule has 0 aliphatic carbocycles. The lowest BCUT2D eigenvalue weighted by Crippen LogP contribution is -2.46. The van der Waals surface area contributed by atoms with Crippen LogP contribution in [0.1, 0.15) is 39.5 Å². The third kappa shape index (κ3) is 4.24. The number of nitrogens with zero attached hydrogens (tertiary/aromatic N) is 1. The van der Waals surface area contributed by atoms with Gasteiger partial charge in [0, 0.05) is 12.6 Å². The fraction of sp³-hybridized carbons (Fsp3) is 0.846. The molecule has 1 aliphatic rings. The van der Waals surface area contributed by atoms with E-state index in [1.165, 1.54) is 32.2 Å². The molecule has 86 valence electrons. The molecule has 0 radical (unpaired) electrons. The van der Waals surface area contributed by atoms with Gasteiger partial charge in [0.05, 0.1) is 6.04 Å². The van der Waals surface area contributed by atoms with Crippen LogP contribution < -0.4 is 5.32 Å². The molecule has 0 aromatic rings. The minimum absolute atomic E-state index is 0.272. The highest BCUT2D eigenvalue weighted by molar-refractivity contribution is 4.98. The Bertz CT molecular complexity index is 201. The van der Waals surface area contributed by atoms with Crippen molar-refractivity contribution in [3.63, 3.8) is 0 Å². The summed E-state index contributed by atoms with van der Waals surface area (Å²) in [6, 6.07) is 0.926. The first-order chi connectivity index (χ1) is 7.27. The highest BCUT2D eigenvalue weighted by Crippen LogP contribution is 2.10. The second-order valence-electron chi connectivity index (χ2n) is 4.48. The lowest BCUT2D eigenvalue weighted by molar-refractivity contribution is 0.204. The molecule has 2 heteroatoms. The Labute approximate surface area is 94.4 Å². The van der Waals surface area contributed by atoms with E-state index in [0.717, 1.165) is 13.1 Å². The first-order valence-corrected chi connectivity index (χ1v) is 6.21. The molecule has 2 atom stereocenters. The zero-order valence-corrected chi connectivity index (χ0v) is 10.1. The van der Waals surface area contributed by atoms with Crippen LogP contribution in [-0.2, 0) is 0 Å². The Morgan fingerprint density at radius 3 is 2.87 bits per heavy atom. The summed E-state index contributed by atoms with van der Waals surface area (Å²) in [5.74, 6) is 2.84. The Morgan fingerprint density at radius 1 is 1.53 bits per heavy atom. The first-order valence-electron chi connectivity index (χ1n) is 6.21. The number of piperidine rings is 1. The quantitative estimate of drug-likeness (QED) is 0.694. The highest BCUT2D eigenvalue weighted by Gasteiger charge is 2.18. The summed E-state index contributed by atoms with van der Waals surface area (Å²) < 4.78 is 0. The van der Waals surface area contributed by atoms with Crippen molar-refractivity contribution in [3.8, 4) is 12.3 Å². The summed E-state index contributed by atoms with van der Waals surface area (Å²) in [6.45, 7) is 7.74. The summed E-state index contributed by atoms with van der Waals surface area (Å²) in [7, 11) is 0. The molecule has 1 N–H and O–H groups in total. The van der Waals surface area contributed by atoms with Gasteiger partial charge in [-0.1, -0.05) is 19.3 Å². The molecule has 15 heavy (non-hydrogen) atoms. The van der Waals surface area contributed by atoms with Crippen molar-refractivity contribution in [1.82, 2.24) is 10.2 Å². The molecule has 0 amide bonds. The van der Waals surface area contributed by atoms with E-state index in [-0.39, 0.29) is 6.04 Å². The van der Waals surface area contributed by atoms with Crippen molar-refractivity contribution in [2.45, 2.75) is 51.6 Å². The Kier molecular flexibility index (Phi) is 5.75. The van der Waals surface area contributed by atoms with Gasteiger partial charge in [-0.3, -0.25) is 4.90 Å². The predicted molar refractivity (Wildman–Crippen MR) is 65.8 cm³/mol.